The zero-order chi connectivity index (χ0) is 11.5. The van der Waals surface area contributed by atoms with Crippen molar-refractivity contribution in [1.29, 1.82) is 0 Å². The minimum atomic E-state index is -0.816. The van der Waals surface area contributed by atoms with E-state index in [1.54, 1.807) is 0 Å². The number of fused-ring (bicyclic) bond motifs is 1. The standard InChI is InChI=1S/C13H17NO2/c1-2-14(13(15)16)12-9-5-7-10-6-3-4-8-11(10)12/h3-4,6,8,12H,2,5,7,9H2,1H3,(H,15,16). The number of carboxylic acid groups (broad SMARTS) is 1. The van der Waals surface area contributed by atoms with Gasteiger partial charge in [0.25, 0.3) is 0 Å². The minimum Gasteiger partial charge on any atom is -0.465 e. The van der Waals surface area contributed by atoms with Crippen molar-refractivity contribution in [2.24, 2.45) is 0 Å². The predicted molar refractivity (Wildman–Crippen MR) is 62.5 cm³/mol. The molecule has 0 radical (unpaired) electrons. The van der Waals surface area contributed by atoms with Gasteiger partial charge in [-0.25, -0.2) is 4.79 Å². The molecule has 86 valence electrons. The van der Waals surface area contributed by atoms with Crippen molar-refractivity contribution < 1.29 is 9.90 Å². The molecule has 1 aliphatic rings. The van der Waals surface area contributed by atoms with Crippen LogP contribution in [0, 0.1) is 0 Å². The highest BCUT2D eigenvalue weighted by Gasteiger charge is 2.27. The second-order valence-electron chi connectivity index (χ2n) is 4.18. The van der Waals surface area contributed by atoms with Crippen molar-refractivity contribution in [3.8, 4) is 0 Å². The zero-order valence-electron chi connectivity index (χ0n) is 9.52. The highest BCUT2D eigenvalue weighted by atomic mass is 16.4. The van der Waals surface area contributed by atoms with Crippen LogP contribution in [0.2, 0.25) is 0 Å². The number of rotatable bonds is 2. The summed E-state index contributed by atoms with van der Waals surface area (Å²) in [6.07, 6.45) is 2.27. The van der Waals surface area contributed by atoms with E-state index in [2.05, 4.69) is 12.1 Å². The maximum Gasteiger partial charge on any atom is 0.407 e. The first-order valence-corrected chi connectivity index (χ1v) is 5.81. The third-order valence-electron chi connectivity index (χ3n) is 3.30. The summed E-state index contributed by atoms with van der Waals surface area (Å²) in [5, 5.41) is 9.18. The lowest BCUT2D eigenvalue weighted by molar-refractivity contribution is 0.122. The molecule has 1 N–H and O–H groups in total. The van der Waals surface area contributed by atoms with E-state index in [1.165, 1.54) is 16.0 Å². The van der Waals surface area contributed by atoms with Crippen LogP contribution >= 0.6 is 0 Å². The van der Waals surface area contributed by atoms with Crippen molar-refractivity contribution >= 4 is 6.09 Å². The minimum absolute atomic E-state index is 0.0486. The van der Waals surface area contributed by atoms with Crippen LogP contribution in [0.5, 0.6) is 0 Å². The maximum atomic E-state index is 11.2. The summed E-state index contributed by atoms with van der Waals surface area (Å²) >= 11 is 0. The van der Waals surface area contributed by atoms with Crippen molar-refractivity contribution in [1.82, 2.24) is 4.90 Å². The summed E-state index contributed by atoms with van der Waals surface area (Å²) < 4.78 is 0. The molecular formula is C13H17NO2. The van der Waals surface area contributed by atoms with Gasteiger partial charge in [0.2, 0.25) is 0 Å². The lowest BCUT2D eigenvalue weighted by Crippen LogP contribution is -2.35. The van der Waals surface area contributed by atoms with Crippen LogP contribution in [0.1, 0.15) is 36.9 Å². The van der Waals surface area contributed by atoms with Gasteiger partial charge in [0.15, 0.2) is 0 Å². The Morgan fingerprint density at radius 1 is 1.50 bits per heavy atom. The number of aryl methyl sites for hydroxylation is 1. The third-order valence-corrected chi connectivity index (χ3v) is 3.30. The van der Waals surface area contributed by atoms with Crippen LogP contribution in [-0.4, -0.2) is 22.6 Å². The van der Waals surface area contributed by atoms with Gasteiger partial charge >= 0.3 is 6.09 Å². The Bertz CT molecular complexity index is 389. The summed E-state index contributed by atoms with van der Waals surface area (Å²) in [7, 11) is 0. The zero-order valence-corrected chi connectivity index (χ0v) is 9.52. The van der Waals surface area contributed by atoms with Crippen LogP contribution in [0.25, 0.3) is 0 Å². The van der Waals surface area contributed by atoms with Crippen LogP contribution < -0.4 is 0 Å². The predicted octanol–water partition coefficient (Wildman–Crippen LogP) is 3.06. The lowest BCUT2D eigenvalue weighted by atomic mass is 9.87. The Morgan fingerprint density at radius 3 is 2.94 bits per heavy atom. The van der Waals surface area contributed by atoms with Crippen molar-refractivity contribution in [3.63, 3.8) is 0 Å². The van der Waals surface area contributed by atoms with Gasteiger partial charge in [-0.2, -0.15) is 0 Å². The molecular weight excluding hydrogens is 202 g/mol. The van der Waals surface area contributed by atoms with Crippen LogP contribution in [0.3, 0.4) is 0 Å². The molecule has 0 spiro atoms. The summed E-state index contributed by atoms with van der Waals surface area (Å²) in [6, 6.07) is 8.24. The summed E-state index contributed by atoms with van der Waals surface area (Å²) in [4.78, 5) is 12.7. The first-order valence-electron chi connectivity index (χ1n) is 5.81. The van der Waals surface area contributed by atoms with E-state index in [0.29, 0.717) is 6.54 Å². The van der Waals surface area contributed by atoms with E-state index in [-0.39, 0.29) is 6.04 Å². The largest absolute Gasteiger partial charge is 0.465 e. The second-order valence-corrected chi connectivity index (χ2v) is 4.18. The number of carbonyl (C=O) groups is 1. The van der Waals surface area contributed by atoms with E-state index >= 15 is 0 Å². The molecule has 0 bridgehead atoms. The van der Waals surface area contributed by atoms with E-state index in [4.69, 9.17) is 0 Å². The Kier molecular flexibility index (Phi) is 3.13. The van der Waals surface area contributed by atoms with E-state index in [0.717, 1.165) is 19.3 Å². The highest BCUT2D eigenvalue weighted by Crippen LogP contribution is 2.33. The normalized spacial score (nSPS) is 18.9. The molecule has 0 saturated heterocycles. The molecule has 16 heavy (non-hydrogen) atoms. The average molecular weight is 219 g/mol. The third kappa shape index (κ3) is 1.90. The molecule has 1 aliphatic carbocycles. The first kappa shape index (κ1) is 11.0. The molecule has 3 nitrogen and oxygen atoms in total. The molecule has 0 aromatic heterocycles. The fraction of sp³-hybridized carbons (Fsp3) is 0.462. The number of nitrogens with zero attached hydrogens (tertiary/aromatic N) is 1. The van der Waals surface area contributed by atoms with E-state index in [9.17, 15) is 9.90 Å². The molecule has 0 fully saturated rings. The first-order chi connectivity index (χ1) is 7.74. The number of benzene rings is 1. The Balaban J connectivity index is 2.34. The molecule has 0 heterocycles. The van der Waals surface area contributed by atoms with Gasteiger partial charge in [-0.1, -0.05) is 24.3 Å². The van der Waals surface area contributed by atoms with Crippen molar-refractivity contribution in [2.75, 3.05) is 6.54 Å². The monoisotopic (exact) mass is 219 g/mol. The maximum absolute atomic E-state index is 11.2. The fourth-order valence-electron chi connectivity index (χ4n) is 2.54. The topological polar surface area (TPSA) is 40.5 Å². The molecule has 3 heteroatoms. The lowest BCUT2D eigenvalue weighted by Gasteiger charge is -2.33. The molecule has 1 aromatic carbocycles. The van der Waals surface area contributed by atoms with Gasteiger partial charge in [-0.05, 0) is 37.3 Å². The SMILES string of the molecule is CCN(C(=O)O)C1CCCc2ccccc21. The summed E-state index contributed by atoms with van der Waals surface area (Å²) in [6.45, 7) is 2.44. The van der Waals surface area contributed by atoms with E-state index < -0.39 is 6.09 Å². The Morgan fingerprint density at radius 2 is 2.25 bits per heavy atom. The Hall–Kier alpha value is -1.51. The Labute approximate surface area is 95.7 Å². The average Bonchev–Trinajstić information content (AvgIpc) is 2.30. The highest BCUT2D eigenvalue weighted by molar-refractivity contribution is 5.66. The van der Waals surface area contributed by atoms with Gasteiger partial charge < -0.3 is 10.0 Å². The van der Waals surface area contributed by atoms with Crippen LogP contribution in [-0.2, 0) is 6.42 Å². The van der Waals surface area contributed by atoms with E-state index in [1.807, 2.05) is 19.1 Å². The van der Waals surface area contributed by atoms with Gasteiger partial charge in [-0.3, -0.25) is 0 Å². The molecule has 2 rings (SSSR count). The summed E-state index contributed by atoms with van der Waals surface area (Å²) in [5.41, 5.74) is 2.50. The quantitative estimate of drug-likeness (QED) is 0.830. The van der Waals surface area contributed by atoms with Gasteiger partial charge in [-0.15, -0.1) is 0 Å². The molecule has 1 atom stereocenters. The van der Waals surface area contributed by atoms with Crippen molar-refractivity contribution in [3.05, 3.63) is 35.4 Å². The number of amides is 1. The van der Waals surface area contributed by atoms with Crippen LogP contribution in [0.4, 0.5) is 4.79 Å². The molecule has 0 saturated carbocycles. The summed E-state index contributed by atoms with van der Waals surface area (Å²) in [5.74, 6) is 0. The number of hydrogen-bond acceptors (Lipinski definition) is 1. The number of hydrogen-bond donors (Lipinski definition) is 1. The van der Waals surface area contributed by atoms with Crippen LogP contribution in [0.15, 0.2) is 24.3 Å². The smallest absolute Gasteiger partial charge is 0.407 e. The van der Waals surface area contributed by atoms with Crippen molar-refractivity contribution in [2.45, 2.75) is 32.2 Å². The molecule has 0 aliphatic heterocycles. The van der Waals surface area contributed by atoms with Gasteiger partial charge in [0, 0.05) is 6.54 Å². The molecule has 1 amide bonds. The van der Waals surface area contributed by atoms with Gasteiger partial charge in [0.1, 0.15) is 0 Å². The molecule has 1 aromatic rings. The van der Waals surface area contributed by atoms with Gasteiger partial charge in [0.05, 0.1) is 6.04 Å². The molecule has 1 unspecified atom stereocenters. The second kappa shape index (κ2) is 4.56. The fourth-order valence-corrected chi connectivity index (χ4v) is 2.54.